The van der Waals surface area contributed by atoms with Gasteiger partial charge in [0.15, 0.2) is 4.34 Å². The van der Waals surface area contributed by atoms with E-state index in [2.05, 4.69) is 9.36 Å². The number of carbonyl (C=O) groups excluding carboxylic acids is 1. The summed E-state index contributed by atoms with van der Waals surface area (Å²) in [4.78, 5) is 15.7. The van der Waals surface area contributed by atoms with Crippen molar-refractivity contribution in [3.8, 4) is 0 Å². The summed E-state index contributed by atoms with van der Waals surface area (Å²) in [6.45, 7) is 1.88. The highest BCUT2D eigenvalue weighted by molar-refractivity contribution is 8.00. The molecule has 1 fully saturated rings. The molecule has 0 spiro atoms. The molecular weight excluding hydrogens is 268 g/mol. The zero-order valence-corrected chi connectivity index (χ0v) is 12.0. The first kappa shape index (κ1) is 13.8. The van der Waals surface area contributed by atoms with Crippen molar-refractivity contribution >= 4 is 29.2 Å². The largest absolute Gasteiger partial charge is 0.368 e. The van der Waals surface area contributed by atoms with Crippen LogP contribution in [-0.4, -0.2) is 26.6 Å². The molecule has 0 aliphatic heterocycles. The molecule has 1 aromatic rings. The maximum absolute atomic E-state index is 11.4. The molecule has 0 bridgehead atoms. The Morgan fingerprint density at radius 2 is 2.44 bits per heavy atom. The van der Waals surface area contributed by atoms with Gasteiger partial charge in [0.05, 0.1) is 5.54 Å². The second-order valence-electron chi connectivity index (χ2n) is 4.74. The zero-order valence-electron chi connectivity index (χ0n) is 10.4. The predicted molar refractivity (Wildman–Crippen MR) is 73.4 cm³/mol. The van der Waals surface area contributed by atoms with Crippen LogP contribution in [0.4, 0.5) is 0 Å². The van der Waals surface area contributed by atoms with Gasteiger partial charge in [-0.05, 0) is 43.6 Å². The average molecular weight is 286 g/mol. The van der Waals surface area contributed by atoms with Gasteiger partial charge in [-0.15, -0.1) is 0 Å². The third kappa shape index (κ3) is 2.84. The summed E-state index contributed by atoms with van der Waals surface area (Å²) in [5.41, 5.74) is 10.7. The summed E-state index contributed by atoms with van der Waals surface area (Å²) in [6, 6.07) is 0. The van der Waals surface area contributed by atoms with E-state index in [1.54, 1.807) is 11.8 Å². The molecule has 2 rings (SSSR count). The lowest BCUT2D eigenvalue weighted by Crippen LogP contribution is -2.54. The molecule has 1 amide bonds. The molecule has 1 aromatic heterocycles. The standard InChI is InChI=1S/C11H18N4OS2/c1-7-14-10(18-15-7)17-6-4-8-3-2-5-11(8,13)9(12)16/h8H,2-6,13H2,1H3,(H2,12,16). The maximum Gasteiger partial charge on any atom is 0.237 e. The van der Waals surface area contributed by atoms with Crippen LogP contribution < -0.4 is 11.5 Å². The highest BCUT2D eigenvalue weighted by Crippen LogP contribution is 2.37. The van der Waals surface area contributed by atoms with Crippen LogP contribution in [0.2, 0.25) is 0 Å². The maximum atomic E-state index is 11.4. The Kier molecular flexibility index (Phi) is 4.24. The Labute approximate surface area is 115 Å². The minimum absolute atomic E-state index is 0.205. The summed E-state index contributed by atoms with van der Waals surface area (Å²) in [7, 11) is 0. The molecule has 100 valence electrons. The number of aryl methyl sites for hydroxylation is 1. The lowest BCUT2D eigenvalue weighted by Gasteiger charge is -2.27. The Balaban J connectivity index is 1.85. The number of hydrogen-bond acceptors (Lipinski definition) is 6. The van der Waals surface area contributed by atoms with E-state index in [-0.39, 0.29) is 11.8 Å². The van der Waals surface area contributed by atoms with Crippen molar-refractivity contribution in [2.45, 2.75) is 42.5 Å². The summed E-state index contributed by atoms with van der Waals surface area (Å²) in [6.07, 6.45) is 3.61. The monoisotopic (exact) mass is 286 g/mol. The molecule has 2 unspecified atom stereocenters. The molecular formula is C11H18N4OS2. The Morgan fingerprint density at radius 1 is 1.67 bits per heavy atom. The van der Waals surface area contributed by atoms with Gasteiger partial charge in [0.2, 0.25) is 5.91 Å². The van der Waals surface area contributed by atoms with Gasteiger partial charge < -0.3 is 11.5 Å². The number of primary amides is 1. The molecule has 5 nitrogen and oxygen atoms in total. The minimum Gasteiger partial charge on any atom is -0.368 e. The number of carbonyl (C=O) groups is 1. The van der Waals surface area contributed by atoms with E-state index in [9.17, 15) is 4.79 Å². The first-order chi connectivity index (χ1) is 8.52. The van der Waals surface area contributed by atoms with Crippen LogP contribution in [0.1, 0.15) is 31.5 Å². The molecule has 1 aliphatic rings. The number of hydrogen-bond donors (Lipinski definition) is 2. The minimum atomic E-state index is -0.794. The molecule has 4 N–H and O–H groups in total. The smallest absolute Gasteiger partial charge is 0.237 e. The molecule has 0 radical (unpaired) electrons. The first-order valence-corrected chi connectivity index (χ1v) is 7.80. The normalized spacial score (nSPS) is 27.6. The van der Waals surface area contributed by atoms with E-state index < -0.39 is 5.54 Å². The van der Waals surface area contributed by atoms with Crippen LogP contribution >= 0.6 is 23.3 Å². The van der Waals surface area contributed by atoms with Crippen molar-refractivity contribution in [1.29, 1.82) is 0 Å². The van der Waals surface area contributed by atoms with Crippen molar-refractivity contribution in [2.75, 3.05) is 5.75 Å². The topological polar surface area (TPSA) is 94.9 Å². The van der Waals surface area contributed by atoms with E-state index in [1.165, 1.54) is 11.5 Å². The summed E-state index contributed by atoms with van der Waals surface area (Å²) >= 11 is 3.09. The van der Waals surface area contributed by atoms with Crippen LogP contribution in [0, 0.1) is 12.8 Å². The van der Waals surface area contributed by atoms with Crippen LogP contribution in [0.5, 0.6) is 0 Å². The first-order valence-electron chi connectivity index (χ1n) is 6.04. The van der Waals surface area contributed by atoms with Crippen molar-refractivity contribution in [3.63, 3.8) is 0 Å². The van der Waals surface area contributed by atoms with Gasteiger partial charge in [-0.25, -0.2) is 4.98 Å². The number of nitrogens with zero attached hydrogens (tertiary/aromatic N) is 2. The van der Waals surface area contributed by atoms with E-state index in [1.807, 2.05) is 6.92 Å². The summed E-state index contributed by atoms with van der Waals surface area (Å²) < 4.78 is 5.11. The lowest BCUT2D eigenvalue weighted by molar-refractivity contribution is -0.124. The van der Waals surface area contributed by atoms with Crippen LogP contribution in [0.3, 0.4) is 0 Å². The number of nitrogens with two attached hydrogens (primary N) is 2. The summed E-state index contributed by atoms with van der Waals surface area (Å²) in [5, 5.41) is 0. The van der Waals surface area contributed by atoms with Gasteiger partial charge in [0.1, 0.15) is 5.82 Å². The van der Waals surface area contributed by atoms with Gasteiger partial charge in [-0.2, -0.15) is 4.37 Å². The second kappa shape index (κ2) is 5.54. The SMILES string of the molecule is Cc1nsc(SCCC2CCCC2(N)C(N)=O)n1. The Bertz CT molecular complexity index is 436. The van der Waals surface area contributed by atoms with Crippen LogP contribution in [-0.2, 0) is 4.79 Å². The predicted octanol–water partition coefficient (Wildman–Crippen LogP) is 1.31. The zero-order chi connectivity index (χ0) is 13.2. The molecule has 1 saturated carbocycles. The fraction of sp³-hybridized carbons (Fsp3) is 0.727. The number of thioether (sulfide) groups is 1. The number of aromatic nitrogens is 2. The van der Waals surface area contributed by atoms with Gasteiger partial charge in [0.25, 0.3) is 0 Å². The lowest BCUT2D eigenvalue weighted by atomic mass is 9.85. The molecule has 2 atom stereocenters. The van der Waals surface area contributed by atoms with Gasteiger partial charge in [0, 0.05) is 5.75 Å². The molecule has 1 aliphatic carbocycles. The molecule has 0 aromatic carbocycles. The number of rotatable bonds is 5. The highest BCUT2D eigenvalue weighted by atomic mass is 32.2. The number of amides is 1. The molecule has 18 heavy (non-hydrogen) atoms. The van der Waals surface area contributed by atoms with Crippen LogP contribution in [0.15, 0.2) is 4.34 Å². The van der Waals surface area contributed by atoms with Gasteiger partial charge >= 0.3 is 0 Å². The van der Waals surface area contributed by atoms with E-state index in [0.717, 1.165) is 41.6 Å². The Hall–Kier alpha value is -0.660. The average Bonchev–Trinajstić information content (AvgIpc) is 2.87. The highest BCUT2D eigenvalue weighted by Gasteiger charge is 2.43. The molecule has 1 heterocycles. The van der Waals surface area contributed by atoms with E-state index in [0.29, 0.717) is 0 Å². The third-order valence-corrected chi connectivity index (χ3v) is 5.49. The van der Waals surface area contributed by atoms with Crippen molar-refractivity contribution < 1.29 is 4.79 Å². The van der Waals surface area contributed by atoms with Crippen LogP contribution in [0.25, 0.3) is 0 Å². The van der Waals surface area contributed by atoms with Gasteiger partial charge in [-0.3, -0.25) is 4.79 Å². The fourth-order valence-corrected chi connectivity index (χ4v) is 4.22. The fourth-order valence-electron chi connectivity index (χ4n) is 2.45. The van der Waals surface area contributed by atoms with E-state index >= 15 is 0 Å². The van der Waals surface area contributed by atoms with Crippen molar-refractivity contribution in [3.05, 3.63) is 5.82 Å². The molecule has 7 heteroatoms. The molecule has 0 saturated heterocycles. The van der Waals surface area contributed by atoms with Crippen molar-refractivity contribution in [2.24, 2.45) is 17.4 Å². The summed E-state index contributed by atoms with van der Waals surface area (Å²) in [5.74, 6) is 1.57. The third-order valence-electron chi connectivity index (χ3n) is 3.53. The quantitative estimate of drug-likeness (QED) is 0.796. The van der Waals surface area contributed by atoms with E-state index in [4.69, 9.17) is 11.5 Å². The second-order valence-corrected chi connectivity index (χ2v) is 6.83. The van der Waals surface area contributed by atoms with Gasteiger partial charge in [-0.1, -0.05) is 18.2 Å². The Morgan fingerprint density at radius 3 is 3.06 bits per heavy atom. The van der Waals surface area contributed by atoms with Crippen molar-refractivity contribution in [1.82, 2.24) is 9.36 Å².